The number of rotatable bonds is 4. The van der Waals surface area contributed by atoms with Gasteiger partial charge in [-0.25, -0.2) is 0 Å². The highest BCUT2D eigenvalue weighted by Crippen LogP contribution is 2.29. The Morgan fingerprint density at radius 2 is 1.83 bits per heavy atom. The number of amides is 1. The zero-order valence-electron chi connectivity index (χ0n) is 13.6. The lowest BCUT2D eigenvalue weighted by atomic mass is 10.2. The molecule has 0 spiro atoms. The van der Waals surface area contributed by atoms with Crippen LogP contribution in [0.5, 0.6) is 5.75 Å². The third kappa shape index (κ3) is 3.50. The van der Waals surface area contributed by atoms with Crippen molar-refractivity contribution in [3.05, 3.63) is 48.4 Å². The SMILES string of the molecule is CC(C)Oc1ccccc1N1CCN(C(=O)c2ccco2)CC1. The smallest absolute Gasteiger partial charge is 0.289 e. The second kappa shape index (κ2) is 6.77. The van der Waals surface area contributed by atoms with Crippen LogP contribution < -0.4 is 9.64 Å². The summed E-state index contributed by atoms with van der Waals surface area (Å²) in [6.45, 7) is 6.97. The van der Waals surface area contributed by atoms with Crippen molar-refractivity contribution in [1.82, 2.24) is 4.90 Å². The first-order chi connectivity index (χ1) is 11.1. The molecule has 23 heavy (non-hydrogen) atoms. The number of carbonyl (C=O) groups is 1. The molecule has 0 unspecified atom stereocenters. The first-order valence-corrected chi connectivity index (χ1v) is 7.98. The standard InChI is InChI=1S/C18H22N2O3/c1-14(2)23-16-7-4-3-6-15(16)19-9-11-20(12-10-19)18(21)17-8-5-13-22-17/h3-8,13-14H,9-12H2,1-2H3. The summed E-state index contributed by atoms with van der Waals surface area (Å²) in [5, 5.41) is 0. The van der Waals surface area contributed by atoms with Crippen LogP contribution >= 0.6 is 0 Å². The summed E-state index contributed by atoms with van der Waals surface area (Å²) >= 11 is 0. The van der Waals surface area contributed by atoms with E-state index >= 15 is 0 Å². The van der Waals surface area contributed by atoms with Gasteiger partial charge >= 0.3 is 0 Å². The number of para-hydroxylation sites is 2. The van der Waals surface area contributed by atoms with Crippen molar-refractivity contribution in [3.63, 3.8) is 0 Å². The fourth-order valence-electron chi connectivity index (χ4n) is 2.78. The quantitative estimate of drug-likeness (QED) is 0.870. The van der Waals surface area contributed by atoms with Crippen LogP contribution in [0.25, 0.3) is 0 Å². The maximum Gasteiger partial charge on any atom is 0.289 e. The van der Waals surface area contributed by atoms with E-state index in [4.69, 9.17) is 9.15 Å². The molecule has 1 amide bonds. The molecule has 0 radical (unpaired) electrons. The van der Waals surface area contributed by atoms with E-state index in [0.29, 0.717) is 18.8 Å². The molecule has 122 valence electrons. The molecule has 1 fully saturated rings. The normalized spacial score (nSPS) is 15.1. The summed E-state index contributed by atoms with van der Waals surface area (Å²) in [6, 6.07) is 11.5. The van der Waals surface area contributed by atoms with E-state index in [2.05, 4.69) is 11.0 Å². The molecule has 5 heteroatoms. The molecule has 2 heterocycles. The molecule has 5 nitrogen and oxygen atoms in total. The second-order valence-electron chi connectivity index (χ2n) is 5.89. The Bertz CT molecular complexity index is 644. The van der Waals surface area contributed by atoms with Gasteiger partial charge in [0.15, 0.2) is 5.76 Å². The predicted octanol–water partition coefficient (Wildman–Crippen LogP) is 3.03. The number of hydrogen-bond acceptors (Lipinski definition) is 4. The molecule has 1 aliphatic heterocycles. The van der Waals surface area contributed by atoms with Crippen molar-refractivity contribution in [3.8, 4) is 5.75 Å². The van der Waals surface area contributed by atoms with E-state index in [1.54, 1.807) is 12.1 Å². The molecule has 0 saturated carbocycles. The predicted molar refractivity (Wildman–Crippen MR) is 89.0 cm³/mol. The van der Waals surface area contributed by atoms with Gasteiger partial charge in [0, 0.05) is 26.2 Å². The van der Waals surface area contributed by atoms with Crippen LogP contribution in [0.1, 0.15) is 24.4 Å². The first-order valence-electron chi connectivity index (χ1n) is 7.98. The minimum atomic E-state index is -0.0404. The molecule has 0 bridgehead atoms. The van der Waals surface area contributed by atoms with Crippen molar-refractivity contribution in [2.75, 3.05) is 31.1 Å². The van der Waals surface area contributed by atoms with Crippen LogP contribution in [0.3, 0.4) is 0 Å². The van der Waals surface area contributed by atoms with Crippen molar-refractivity contribution < 1.29 is 13.9 Å². The monoisotopic (exact) mass is 314 g/mol. The summed E-state index contributed by atoms with van der Waals surface area (Å²) in [5.41, 5.74) is 1.09. The fraction of sp³-hybridized carbons (Fsp3) is 0.389. The molecular weight excluding hydrogens is 292 g/mol. The lowest BCUT2D eigenvalue weighted by Gasteiger charge is -2.36. The van der Waals surface area contributed by atoms with Gasteiger partial charge in [0.25, 0.3) is 5.91 Å². The summed E-state index contributed by atoms with van der Waals surface area (Å²) in [7, 11) is 0. The Labute approximate surface area is 136 Å². The first kappa shape index (κ1) is 15.5. The molecule has 1 aromatic heterocycles. The minimum Gasteiger partial charge on any atom is -0.489 e. The average Bonchev–Trinajstić information content (AvgIpc) is 3.09. The number of nitrogens with zero attached hydrogens (tertiary/aromatic N) is 2. The third-order valence-corrected chi connectivity index (χ3v) is 3.87. The highest BCUT2D eigenvalue weighted by atomic mass is 16.5. The van der Waals surface area contributed by atoms with Crippen LogP contribution in [-0.2, 0) is 0 Å². The number of benzene rings is 1. The van der Waals surface area contributed by atoms with E-state index in [1.165, 1.54) is 6.26 Å². The minimum absolute atomic E-state index is 0.0404. The Hall–Kier alpha value is -2.43. The average molecular weight is 314 g/mol. The summed E-state index contributed by atoms with van der Waals surface area (Å²) < 4.78 is 11.1. The van der Waals surface area contributed by atoms with Crippen molar-refractivity contribution in [2.24, 2.45) is 0 Å². The second-order valence-corrected chi connectivity index (χ2v) is 5.89. The van der Waals surface area contributed by atoms with Crippen molar-refractivity contribution >= 4 is 11.6 Å². The van der Waals surface area contributed by atoms with E-state index in [0.717, 1.165) is 24.5 Å². The Morgan fingerprint density at radius 3 is 2.48 bits per heavy atom. The van der Waals surface area contributed by atoms with Gasteiger partial charge in [-0.05, 0) is 38.1 Å². The van der Waals surface area contributed by atoms with Gasteiger partial charge in [0.05, 0.1) is 18.1 Å². The number of piperazine rings is 1. The summed E-state index contributed by atoms with van der Waals surface area (Å²) in [4.78, 5) is 16.4. The fourth-order valence-corrected chi connectivity index (χ4v) is 2.78. The van der Waals surface area contributed by atoms with Crippen LogP contribution in [0.15, 0.2) is 47.1 Å². The highest BCUT2D eigenvalue weighted by molar-refractivity contribution is 5.91. The molecule has 1 aromatic carbocycles. The lowest BCUT2D eigenvalue weighted by molar-refractivity contribution is 0.0714. The molecule has 1 saturated heterocycles. The van der Waals surface area contributed by atoms with E-state index in [1.807, 2.05) is 36.9 Å². The Balaban J connectivity index is 1.66. The zero-order chi connectivity index (χ0) is 16.2. The third-order valence-electron chi connectivity index (χ3n) is 3.87. The molecule has 2 aromatic rings. The van der Waals surface area contributed by atoms with Gasteiger partial charge in [-0.15, -0.1) is 0 Å². The lowest BCUT2D eigenvalue weighted by Crippen LogP contribution is -2.48. The maximum atomic E-state index is 12.3. The van der Waals surface area contributed by atoms with Crippen LogP contribution in [0.2, 0.25) is 0 Å². The van der Waals surface area contributed by atoms with Gasteiger partial charge in [-0.1, -0.05) is 12.1 Å². The molecular formula is C18H22N2O3. The summed E-state index contributed by atoms with van der Waals surface area (Å²) in [5.74, 6) is 1.26. The van der Waals surface area contributed by atoms with Gasteiger partial charge in [0.2, 0.25) is 0 Å². The number of ether oxygens (including phenoxy) is 1. The number of hydrogen-bond donors (Lipinski definition) is 0. The molecule has 3 rings (SSSR count). The van der Waals surface area contributed by atoms with Crippen LogP contribution in [0, 0.1) is 0 Å². The molecule has 0 atom stereocenters. The van der Waals surface area contributed by atoms with Crippen molar-refractivity contribution in [1.29, 1.82) is 0 Å². The van der Waals surface area contributed by atoms with Gasteiger partial charge in [-0.3, -0.25) is 4.79 Å². The molecule has 0 N–H and O–H groups in total. The maximum absolute atomic E-state index is 12.3. The highest BCUT2D eigenvalue weighted by Gasteiger charge is 2.25. The Kier molecular flexibility index (Phi) is 4.55. The Morgan fingerprint density at radius 1 is 1.09 bits per heavy atom. The number of anilines is 1. The molecule has 0 aliphatic carbocycles. The van der Waals surface area contributed by atoms with E-state index in [9.17, 15) is 4.79 Å². The van der Waals surface area contributed by atoms with E-state index in [-0.39, 0.29) is 12.0 Å². The zero-order valence-corrected chi connectivity index (χ0v) is 13.6. The number of furan rings is 1. The van der Waals surface area contributed by atoms with E-state index < -0.39 is 0 Å². The topological polar surface area (TPSA) is 45.9 Å². The molecule has 1 aliphatic rings. The van der Waals surface area contributed by atoms with Crippen LogP contribution in [-0.4, -0.2) is 43.1 Å². The number of carbonyl (C=O) groups excluding carboxylic acids is 1. The van der Waals surface area contributed by atoms with Gasteiger partial charge in [0.1, 0.15) is 5.75 Å². The van der Waals surface area contributed by atoms with Crippen LogP contribution in [0.4, 0.5) is 5.69 Å². The van der Waals surface area contributed by atoms with Gasteiger partial charge in [-0.2, -0.15) is 0 Å². The summed E-state index contributed by atoms with van der Waals surface area (Å²) in [6.07, 6.45) is 1.67. The largest absolute Gasteiger partial charge is 0.489 e. The van der Waals surface area contributed by atoms with Gasteiger partial charge < -0.3 is 19.0 Å². The van der Waals surface area contributed by atoms with Crippen molar-refractivity contribution in [2.45, 2.75) is 20.0 Å².